The topological polar surface area (TPSA) is 102 Å². The second-order valence-corrected chi connectivity index (χ2v) is 11.7. The zero-order chi connectivity index (χ0) is 34.3. The van der Waals surface area contributed by atoms with Crippen LogP contribution in [0, 0.1) is 0 Å². The highest BCUT2D eigenvalue weighted by atomic mass is 16.6. The predicted molar refractivity (Wildman–Crippen MR) is 185 cm³/mol. The van der Waals surface area contributed by atoms with Crippen LogP contribution in [0.1, 0.15) is 84.5 Å². The number of allylic oxidation sites excluding steroid dienone is 13. The third-order valence-electron chi connectivity index (χ3n) is 6.65. The summed E-state index contributed by atoms with van der Waals surface area (Å²) in [5.41, 5.74) is 0. The molecule has 2 atom stereocenters. The number of likely N-dealkylation sites (N-methyl/N-ethyl adjacent to an activating group) is 1. The molecule has 0 aromatic rings. The zero-order valence-corrected chi connectivity index (χ0v) is 28.9. The summed E-state index contributed by atoms with van der Waals surface area (Å²) >= 11 is 0. The van der Waals surface area contributed by atoms with Crippen molar-refractivity contribution in [3.8, 4) is 0 Å². The first-order valence-corrected chi connectivity index (χ1v) is 16.7. The van der Waals surface area contributed by atoms with E-state index in [1.165, 1.54) is 0 Å². The highest BCUT2D eigenvalue weighted by molar-refractivity contribution is 5.71. The van der Waals surface area contributed by atoms with E-state index in [-0.39, 0.29) is 49.5 Å². The zero-order valence-electron chi connectivity index (χ0n) is 28.9. The molecule has 0 aliphatic heterocycles. The molecule has 0 aromatic heterocycles. The van der Waals surface area contributed by atoms with Gasteiger partial charge >= 0.3 is 11.9 Å². The van der Waals surface area contributed by atoms with Crippen LogP contribution in [0.25, 0.3) is 0 Å². The molecule has 0 aromatic carbocycles. The molecule has 0 spiro atoms. The van der Waals surface area contributed by atoms with Crippen LogP contribution in [0.2, 0.25) is 0 Å². The van der Waals surface area contributed by atoms with Crippen molar-refractivity contribution in [3.05, 3.63) is 85.1 Å². The van der Waals surface area contributed by atoms with Gasteiger partial charge in [-0.25, -0.2) is 0 Å². The van der Waals surface area contributed by atoms with Crippen LogP contribution >= 0.6 is 0 Å². The Bertz CT molecular complexity index is 1030. The number of rotatable bonds is 27. The molecule has 0 saturated carbocycles. The second-order valence-electron chi connectivity index (χ2n) is 11.7. The first kappa shape index (κ1) is 42.5. The summed E-state index contributed by atoms with van der Waals surface area (Å²) in [5.74, 6) is -1.96. The van der Waals surface area contributed by atoms with Crippen molar-refractivity contribution >= 4 is 17.9 Å². The van der Waals surface area contributed by atoms with E-state index in [0.717, 1.165) is 38.5 Å². The van der Waals surface area contributed by atoms with Crippen molar-refractivity contribution in [2.24, 2.45) is 0 Å². The number of carbonyl (C=O) groups is 3. The van der Waals surface area contributed by atoms with Crippen molar-refractivity contribution in [1.82, 2.24) is 0 Å². The standard InChI is InChI=1S/C38H59NO7/c1-6-8-10-12-14-16-17-18-19-21-22-24-26-28-36(40)45-33-34(32-44-31-30-35(38(42)43)39(3,4)5)46-37(41)29-27-25-23-20-15-13-11-9-7-2/h8-12,14-20,25,27,34-35H,6-7,13,21-24,26,28-33H2,1-5H3/b10-8+,11-9+,14-12+,17-16+,19-18+,20-15+,27-25+. The van der Waals surface area contributed by atoms with Crippen LogP contribution in [0.5, 0.6) is 0 Å². The lowest BCUT2D eigenvalue weighted by Crippen LogP contribution is -2.55. The highest BCUT2D eigenvalue weighted by Crippen LogP contribution is 2.09. The maximum atomic E-state index is 12.5. The molecule has 0 aliphatic carbocycles. The highest BCUT2D eigenvalue weighted by Gasteiger charge is 2.25. The lowest BCUT2D eigenvalue weighted by molar-refractivity contribution is -0.889. The molecule has 0 radical (unpaired) electrons. The molecule has 0 amide bonds. The van der Waals surface area contributed by atoms with Gasteiger partial charge in [-0.2, -0.15) is 0 Å². The summed E-state index contributed by atoms with van der Waals surface area (Å²) in [5, 5.41) is 11.5. The van der Waals surface area contributed by atoms with Crippen molar-refractivity contribution in [3.63, 3.8) is 0 Å². The van der Waals surface area contributed by atoms with Gasteiger partial charge in [-0.3, -0.25) is 9.59 Å². The Morgan fingerprint density at radius 3 is 1.93 bits per heavy atom. The molecule has 8 heteroatoms. The average molecular weight is 642 g/mol. The third kappa shape index (κ3) is 26.9. The van der Waals surface area contributed by atoms with Gasteiger partial charge in [0.15, 0.2) is 6.10 Å². The lowest BCUT2D eigenvalue weighted by atomic mass is 10.1. The smallest absolute Gasteiger partial charge is 0.310 e. The maximum absolute atomic E-state index is 12.5. The molecule has 46 heavy (non-hydrogen) atoms. The number of hydrogen-bond acceptors (Lipinski definition) is 7. The monoisotopic (exact) mass is 641 g/mol. The predicted octanol–water partition coefficient (Wildman–Crippen LogP) is 6.51. The molecule has 258 valence electrons. The minimum Gasteiger partial charge on any atom is -0.544 e. The summed E-state index contributed by atoms with van der Waals surface area (Å²) in [6, 6.07) is -0.747. The Hall–Kier alpha value is -3.49. The van der Waals surface area contributed by atoms with E-state index in [1.807, 2.05) is 48.6 Å². The average Bonchev–Trinajstić information content (AvgIpc) is 3.00. The van der Waals surface area contributed by atoms with Gasteiger partial charge in [0.25, 0.3) is 0 Å². The summed E-state index contributed by atoms with van der Waals surface area (Å²) in [6.07, 6.45) is 35.2. The lowest BCUT2D eigenvalue weighted by Gasteiger charge is -2.34. The Balaban J connectivity index is 4.67. The van der Waals surface area contributed by atoms with Gasteiger partial charge in [0.05, 0.1) is 46.7 Å². The van der Waals surface area contributed by atoms with E-state index in [4.69, 9.17) is 14.2 Å². The van der Waals surface area contributed by atoms with Crippen LogP contribution in [-0.4, -0.2) is 75.5 Å². The number of aliphatic carboxylic acids is 1. The fourth-order valence-corrected chi connectivity index (χ4v) is 4.08. The molecule has 0 bridgehead atoms. The fraction of sp³-hybridized carbons (Fsp3) is 0.553. The van der Waals surface area contributed by atoms with Crippen LogP contribution in [-0.2, 0) is 28.6 Å². The number of esters is 2. The van der Waals surface area contributed by atoms with Gasteiger partial charge in [-0.15, -0.1) is 0 Å². The quantitative estimate of drug-likeness (QED) is 0.0331. The fourth-order valence-electron chi connectivity index (χ4n) is 4.08. The second kappa shape index (κ2) is 28.9. The molecular weight excluding hydrogens is 582 g/mol. The summed E-state index contributed by atoms with van der Waals surface area (Å²) in [7, 11) is 5.33. The van der Waals surface area contributed by atoms with E-state index in [9.17, 15) is 19.5 Å². The van der Waals surface area contributed by atoms with Gasteiger partial charge in [0, 0.05) is 12.8 Å². The number of quaternary nitrogens is 1. The van der Waals surface area contributed by atoms with E-state index < -0.39 is 24.1 Å². The van der Waals surface area contributed by atoms with Crippen LogP contribution in [0.4, 0.5) is 0 Å². The SMILES string of the molecule is CC/C=C/C=C/C=C/C=C/CCCCCC(=O)OCC(COCCC(C(=O)[O-])[N+](C)(C)C)OC(=O)C/C=C/C/C=C/C/C=C/CC. The van der Waals surface area contributed by atoms with E-state index in [0.29, 0.717) is 12.8 Å². The van der Waals surface area contributed by atoms with E-state index >= 15 is 0 Å². The number of carboxylic acids is 1. The largest absolute Gasteiger partial charge is 0.544 e. The summed E-state index contributed by atoms with van der Waals surface area (Å²) < 4.78 is 16.8. The van der Waals surface area contributed by atoms with Crippen LogP contribution in [0.3, 0.4) is 0 Å². The number of carbonyl (C=O) groups excluding carboxylic acids is 3. The molecule has 2 unspecified atom stereocenters. The molecule has 0 aliphatic rings. The van der Waals surface area contributed by atoms with Gasteiger partial charge < -0.3 is 28.6 Å². The molecule has 0 rings (SSSR count). The summed E-state index contributed by atoms with van der Waals surface area (Å²) in [4.78, 5) is 36.4. The van der Waals surface area contributed by atoms with Crippen molar-refractivity contribution in [2.75, 3.05) is 41.0 Å². The van der Waals surface area contributed by atoms with Gasteiger partial charge in [0.1, 0.15) is 12.6 Å². The first-order valence-electron chi connectivity index (χ1n) is 16.7. The Kier molecular flexibility index (Phi) is 26.8. The third-order valence-corrected chi connectivity index (χ3v) is 6.65. The molecule has 0 saturated heterocycles. The van der Waals surface area contributed by atoms with Crippen molar-refractivity contribution in [1.29, 1.82) is 0 Å². The van der Waals surface area contributed by atoms with Crippen LogP contribution in [0.15, 0.2) is 85.1 Å². The first-order chi connectivity index (χ1) is 22.1. The number of nitrogens with zero attached hydrogens (tertiary/aromatic N) is 1. The minimum atomic E-state index is -1.15. The number of ether oxygens (including phenoxy) is 3. The molecule has 8 nitrogen and oxygen atoms in total. The van der Waals surface area contributed by atoms with Crippen molar-refractivity contribution < 1.29 is 38.2 Å². The molecule has 0 N–H and O–H groups in total. The van der Waals surface area contributed by atoms with Crippen molar-refractivity contribution in [2.45, 2.75) is 96.6 Å². The van der Waals surface area contributed by atoms with Crippen LogP contribution < -0.4 is 5.11 Å². The number of unbranched alkanes of at least 4 members (excludes halogenated alkanes) is 3. The Morgan fingerprint density at radius 1 is 0.696 bits per heavy atom. The number of carboxylic acid groups (broad SMARTS) is 1. The number of hydrogen-bond donors (Lipinski definition) is 0. The van der Waals surface area contributed by atoms with Gasteiger partial charge in [-0.05, 0) is 44.9 Å². The normalized spacial score (nSPS) is 14.2. The molecule has 0 fully saturated rings. The molecular formula is C38H59NO7. The van der Waals surface area contributed by atoms with Gasteiger partial charge in [0.2, 0.25) is 0 Å². The van der Waals surface area contributed by atoms with E-state index in [2.05, 4.69) is 44.2 Å². The van der Waals surface area contributed by atoms with Gasteiger partial charge in [-0.1, -0.05) is 105 Å². The minimum absolute atomic E-state index is 0.0142. The molecule has 0 heterocycles. The Labute approximate surface area is 278 Å². The Morgan fingerprint density at radius 2 is 1.30 bits per heavy atom. The van der Waals surface area contributed by atoms with E-state index in [1.54, 1.807) is 27.2 Å². The maximum Gasteiger partial charge on any atom is 0.310 e. The summed E-state index contributed by atoms with van der Waals surface area (Å²) in [6.45, 7) is 4.19.